The van der Waals surface area contributed by atoms with Gasteiger partial charge in [-0.1, -0.05) is 0 Å². The smallest absolute Gasteiger partial charge is 0.221 e. The number of nitrogens with one attached hydrogen (secondary N) is 6. The third kappa shape index (κ3) is 33.1. The Hall–Kier alpha value is -2.48. The molecule has 0 bridgehead atoms. The van der Waals surface area contributed by atoms with E-state index in [9.17, 15) is 19.2 Å². The van der Waals surface area contributed by atoms with Gasteiger partial charge in [-0.05, 0) is 51.4 Å². The molecule has 0 spiro atoms. The topological polar surface area (TPSA) is 193 Å². The lowest BCUT2D eigenvalue weighted by atomic mass is 10.2. The van der Waals surface area contributed by atoms with Gasteiger partial charge in [-0.3, -0.25) is 19.2 Å². The molecule has 0 aromatic carbocycles. The fraction of sp³-hybridized carbons (Fsp3) is 0.900. The Labute approximate surface area is 342 Å². The minimum atomic E-state index is -0.0584. The standard InChI is InChI=1S/C40H78N8O9/c49-37(43-13-5-29-53-27-2-1-3-28-54-30-6-15-45-39(51)11-21-47-23-17-41-18-24-47)9-4-10-38(50)44-14-7-31-55-33-35-57-36-34-56-32-8-16-46-40(52)12-22-48-25-19-42-20-26-48/h41-42H,1-36H2,(H,43,49)(H,44,50)(H,45,51)(H,46,52). The molecule has 0 aromatic rings. The van der Waals surface area contributed by atoms with E-state index in [0.29, 0.717) is 124 Å². The molecule has 0 unspecified atom stereocenters. The van der Waals surface area contributed by atoms with Crippen molar-refractivity contribution in [1.82, 2.24) is 41.7 Å². The monoisotopic (exact) mass is 815 g/mol. The summed E-state index contributed by atoms with van der Waals surface area (Å²) in [5.74, 6) is 0.105. The number of nitrogens with zero attached hydrogens (tertiary/aromatic N) is 2. The van der Waals surface area contributed by atoms with Gasteiger partial charge >= 0.3 is 0 Å². The molecule has 332 valence electrons. The zero-order chi connectivity index (χ0) is 40.7. The van der Waals surface area contributed by atoms with Crippen molar-refractivity contribution < 1.29 is 42.9 Å². The molecule has 0 saturated carbocycles. The number of hydrogen-bond acceptors (Lipinski definition) is 13. The summed E-state index contributed by atoms with van der Waals surface area (Å²) >= 11 is 0. The summed E-state index contributed by atoms with van der Waals surface area (Å²) in [4.78, 5) is 52.7. The van der Waals surface area contributed by atoms with Crippen molar-refractivity contribution in [2.24, 2.45) is 0 Å². The lowest BCUT2D eigenvalue weighted by molar-refractivity contribution is -0.123. The predicted octanol–water partition coefficient (Wildman–Crippen LogP) is 0.0258. The van der Waals surface area contributed by atoms with Gasteiger partial charge in [0.25, 0.3) is 0 Å². The van der Waals surface area contributed by atoms with Crippen LogP contribution < -0.4 is 31.9 Å². The molecule has 57 heavy (non-hydrogen) atoms. The molecule has 2 aliphatic heterocycles. The molecule has 2 aliphatic rings. The third-order valence-corrected chi connectivity index (χ3v) is 9.51. The number of carbonyl (C=O) groups is 4. The Balaban J connectivity index is 1.19. The van der Waals surface area contributed by atoms with E-state index in [1.807, 2.05) is 0 Å². The van der Waals surface area contributed by atoms with E-state index >= 15 is 0 Å². The van der Waals surface area contributed by atoms with Crippen LogP contribution in [0.15, 0.2) is 0 Å². The molecule has 0 atom stereocenters. The highest BCUT2D eigenvalue weighted by Crippen LogP contribution is 2.00. The van der Waals surface area contributed by atoms with Crippen LogP contribution in [0.1, 0.15) is 77.0 Å². The molecule has 0 radical (unpaired) electrons. The summed E-state index contributed by atoms with van der Waals surface area (Å²) in [6.45, 7) is 17.8. The summed E-state index contributed by atoms with van der Waals surface area (Å²) in [6, 6.07) is 0. The minimum Gasteiger partial charge on any atom is -0.381 e. The molecule has 0 aliphatic carbocycles. The van der Waals surface area contributed by atoms with Crippen LogP contribution in [0.2, 0.25) is 0 Å². The van der Waals surface area contributed by atoms with E-state index in [2.05, 4.69) is 41.7 Å². The summed E-state index contributed by atoms with van der Waals surface area (Å²) < 4.78 is 28.0. The average molecular weight is 815 g/mol. The van der Waals surface area contributed by atoms with Gasteiger partial charge in [0.15, 0.2) is 0 Å². The van der Waals surface area contributed by atoms with Crippen molar-refractivity contribution in [2.75, 3.05) is 158 Å². The van der Waals surface area contributed by atoms with Crippen LogP contribution in [-0.2, 0) is 42.9 Å². The molecule has 2 heterocycles. The number of piperazine rings is 2. The molecular formula is C40H78N8O9. The minimum absolute atomic E-state index is 0.0455. The van der Waals surface area contributed by atoms with Gasteiger partial charge in [-0.25, -0.2) is 0 Å². The third-order valence-electron chi connectivity index (χ3n) is 9.51. The van der Waals surface area contributed by atoms with Crippen molar-refractivity contribution in [3.05, 3.63) is 0 Å². The number of ether oxygens (including phenoxy) is 5. The van der Waals surface area contributed by atoms with Gasteiger partial charge in [0, 0.05) is 157 Å². The van der Waals surface area contributed by atoms with Gasteiger partial charge in [0.1, 0.15) is 0 Å². The lowest BCUT2D eigenvalue weighted by Crippen LogP contribution is -2.44. The summed E-state index contributed by atoms with van der Waals surface area (Å²) in [7, 11) is 0. The Bertz CT molecular complexity index is 928. The molecule has 6 N–H and O–H groups in total. The van der Waals surface area contributed by atoms with Crippen LogP contribution in [0.25, 0.3) is 0 Å². The highest BCUT2D eigenvalue weighted by Gasteiger charge is 2.12. The predicted molar refractivity (Wildman–Crippen MR) is 220 cm³/mol. The maximum atomic E-state index is 12.1. The molecular weight excluding hydrogens is 736 g/mol. The molecule has 17 heteroatoms. The highest BCUT2D eigenvalue weighted by atomic mass is 16.5. The second-order valence-electron chi connectivity index (χ2n) is 14.5. The Morgan fingerprint density at radius 2 is 0.667 bits per heavy atom. The number of amides is 4. The maximum Gasteiger partial charge on any atom is 0.221 e. The van der Waals surface area contributed by atoms with Crippen molar-refractivity contribution in [3.8, 4) is 0 Å². The second kappa shape index (κ2) is 37.8. The van der Waals surface area contributed by atoms with Crippen molar-refractivity contribution in [3.63, 3.8) is 0 Å². The Morgan fingerprint density at radius 3 is 1.04 bits per heavy atom. The number of unbranched alkanes of at least 4 members (excludes halogenated alkanes) is 2. The number of carbonyl (C=O) groups excluding carboxylic acids is 4. The first-order valence-corrected chi connectivity index (χ1v) is 21.8. The van der Waals surface area contributed by atoms with Gasteiger partial charge < -0.3 is 65.4 Å². The molecule has 2 saturated heterocycles. The lowest BCUT2D eigenvalue weighted by Gasteiger charge is -2.26. The van der Waals surface area contributed by atoms with Crippen molar-refractivity contribution >= 4 is 23.6 Å². The quantitative estimate of drug-likeness (QED) is 0.0458. The van der Waals surface area contributed by atoms with Gasteiger partial charge in [-0.2, -0.15) is 0 Å². The normalized spacial score (nSPS) is 15.0. The first-order valence-electron chi connectivity index (χ1n) is 21.8. The van der Waals surface area contributed by atoms with E-state index in [1.54, 1.807) is 0 Å². The fourth-order valence-electron chi connectivity index (χ4n) is 6.09. The summed E-state index contributed by atoms with van der Waals surface area (Å²) in [5, 5.41) is 18.3. The summed E-state index contributed by atoms with van der Waals surface area (Å²) in [6.07, 6.45) is 8.32. The summed E-state index contributed by atoms with van der Waals surface area (Å²) in [5.41, 5.74) is 0. The van der Waals surface area contributed by atoms with Crippen LogP contribution >= 0.6 is 0 Å². The van der Waals surface area contributed by atoms with Crippen LogP contribution in [0.3, 0.4) is 0 Å². The molecule has 2 fully saturated rings. The highest BCUT2D eigenvalue weighted by molar-refractivity contribution is 5.78. The largest absolute Gasteiger partial charge is 0.381 e. The van der Waals surface area contributed by atoms with Gasteiger partial charge in [0.2, 0.25) is 23.6 Å². The van der Waals surface area contributed by atoms with Crippen LogP contribution in [-0.4, -0.2) is 191 Å². The molecule has 0 aromatic heterocycles. The zero-order valence-electron chi connectivity index (χ0n) is 35.0. The van der Waals surface area contributed by atoms with E-state index < -0.39 is 0 Å². The van der Waals surface area contributed by atoms with Crippen LogP contribution in [0.5, 0.6) is 0 Å². The fourth-order valence-corrected chi connectivity index (χ4v) is 6.09. The SMILES string of the molecule is O=C(CCCC(=O)NCCCOCCOCCOCCCNC(=O)CCN1CCNCC1)NCCCOCCCCCOCCCNC(=O)CCN1CCNCC1. The van der Waals surface area contributed by atoms with Gasteiger partial charge in [0.05, 0.1) is 26.4 Å². The van der Waals surface area contributed by atoms with Crippen molar-refractivity contribution in [2.45, 2.75) is 77.0 Å². The Kier molecular flexibility index (Phi) is 33.6. The Morgan fingerprint density at radius 1 is 0.368 bits per heavy atom. The van der Waals surface area contributed by atoms with Crippen LogP contribution in [0.4, 0.5) is 0 Å². The zero-order valence-corrected chi connectivity index (χ0v) is 35.0. The van der Waals surface area contributed by atoms with E-state index in [-0.39, 0.29) is 23.6 Å². The van der Waals surface area contributed by atoms with E-state index in [0.717, 1.165) is 111 Å². The van der Waals surface area contributed by atoms with E-state index in [4.69, 9.17) is 23.7 Å². The number of rotatable bonds is 38. The first kappa shape index (κ1) is 50.7. The maximum absolute atomic E-state index is 12.1. The van der Waals surface area contributed by atoms with E-state index in [1.165, 1.54) is 0 Å². The van der Waals surface area contributed by atoms with Gasteiger partial charge in [-0.15, -0.1) is 0 Å². The first-order chi connectivity index (χ1) is 28.0. The second-order valence-corrected chi connectivity index (χ2v) is 14.5. The number of hydrogen-bond donors (Lipinski definition) is 6. The molecule has 17 nitrogen and oxygen atoms in total. The molecule has 2 rings (SSSR count). The van der Waals surface area contributed by atoms with Crippen molar-refractivity contribution in [1.29, 1.82) is 0 Å². The van der Waals surface area contributed by atoms with Crippen LogP contribution in [0, 0.1) is 0 Å². The average Bonchev–Trinajstić information content (AvgIpc) is 3.22. The molecule has 4 amide bonds.